The van der Waals surface area contributed by atoms with E-state index in [-0.39, 0.29) is 5.78 Å². The van der Waals surface area contributed by atoms with Gasteiger partial charge in [-0.25, -0.2) is 0 Å². The van der Waals surface area contributed by atoms with Crippen molar-refractivity contribution in [1.82, 2.24) is 0 Å². The number of aryl methyl sites for hydroxylation is 1. The smallest absolute Gasteiger partial charge is 0.170 e. The topological polar surface area (TPSA) is 38.3 Å². The fraction of sp³-hybridized carbons (Fsp3) is 0.417. The van der Waals surface area contributed by atoms with Crippen LogP contribution in [0.1, 0.15) is 29.3 Å². The lowest BCUT2D eigenvalue weighted by molar-refractivity contribution is 0.0980. The number of Topliss-reactive ketones (excluding diaryl/α,β-unsaturated/α-hetero) is 1. The predicted molar refractivity (Wildman–Crippen MR) is 59.8 cm³/mol. The summed E-state index contributed by atoms with van der Waals surface area (Å²) in [7, 11) is 1.60. The first-order valence-corrected chi connectivity index (χ1v) is 5.24. The molecule has 0 aliphatic carbocycles. The van der Waals surface area contributed by atoms with E-state index in [1.165, 1.54) is 5.56 Å². The first-order chi connectivity index (χ1) is 7.27. The molecule has 0 unspecified atom stereocenters. The van der Waals surface area contributed by atoms with Gasteiger partial charge in [0.15, 0.2) is 5.78 Å². The Bertz CT molecular complexity index is 399. The molecule has 0 saturated heterocycles. The molecule has 0 radical (unpaired) electrons. The number of ketones is 1. The van der Waals surface area contributed by atoms with E-state index in [4.69, 9.17) is 4.74 Å². The molecule has 15 heavy (non-hydrogen) atoms. The van der Waals surface area contributed by atoms with Crippen LogP contribution in [0.2, 0.25) is 0 Å². The minimum Gasteiger partial charge on any atom is -0.496 e. The second-order valence-electron chi connectivity index (χ2n) is 3.63. The van der Waals surface area contributed by atoms with Gasteiger partial charge in [0.2, 0.25) is 0 Å². The Morgan fingerprint density at radius 1 is 1.47 bits per heavy atom. The molecule has 1 aromatic rings. The molecule has 1 N–H and O–H groups in total. The van der Waals surface area contributed by atoms with Gasteiger partial charge < -0.3 is 10.1 Å². The van der Waals surface area contributed by atoms with Crippen molar-refractivity contribution in [3.8, 4) is 5.75 Å². The number of hydrogen-bond acceptors (Lipinski definition) is 3. The number of carbonyl (C=O) groups is 1. The lowest BCUT2D eigenvalue weighted by Crippen LogP contribution is -2.20. The van der Waals surface area contributed by atoms with Crippen molar-refractivity contribution < 1.29 is 9.53 Å². The van der Waals surface area contributed by atoms with Gasteiger partial charge in [-0.15, -0.1) is 0 Å². The molecular weight excluding hydrogens is 190 g/mol. The maximum Gasteiger partial charge on any atom is 0.170 e. The molecule has 0 bridgehead atoms. The number of hydrogen-bond donors (Lipinski definition) is 1. The lowest BCUT2D eigenvalue weighted by Gasteiger charge is -2.22. The van der Waals surface area contributed by atoms with Gasteiger partial charge in [-0.2, -0.15) is 0 Å². The number of carbonyl (C=O) groups excluding carboxylic acids is 1. The van der Waals surface area contributed by atoms with Crippen LogP contribution in [-0.2, 0) is 6.42 Å². The molecular formula is C12H15NO2. The van der Waals surface area contributed by atoms with E-state index in [9.17, 15) is 4.79 Å². The molecule has 0 fully saturated rings. The Labute approximate surface area is 89.4 Å². The predicted octanol–water partition coefficient (Wildman–Crippen LogP) is 2.26. The number of fused-ring (bicyclic) bond motifs is 1. The van der Waals surface area contributed by atoms with E-state index in [0.717, 1.165) is 24.2 Å². The molecule has 1 aromatic carbocycles. The number of nitrogens with one attached hydrogen (secondary N) is 1. The van der Waals surface area contributed by atoms with E-state index >= 15 is 0 Å². The maximum absolute atomic E-state index is 11.8. The van der Waals surface area contributed by atoms with Gasteiger partial charge in [0, 0.05) is 13.0 Å². The molecule has 2 rings (SSSR count). The van der Waals surface area contributed by atoms with Gasteiger partial charge in [-0.1, -0.05) is 13.0 Å². The molecule has 1 aliphatic rings. The summed E-state index contributed by atoms with van der Waals surface area (Å²) < 4.78 is 5.22. The Hall–Kier alpha value is -1.51. The zero-order chi connectivity index (χ0) is 10.8. The first kappa shape index (κ1) is 10.0. The molecule has 0 amide bonds. The SMILES string of the molecule is CCc1ccc(OC)c2c1NCCC2=O. The third-order valence-corrected chi connectivity index (χ3v) is 2.79. The van der Waals surface area contributed by atoms with Crippen LogP contribution < -0.4 is 10.1 Å². The number of benzene rings is 1. The quantitative estimate of drug-likeness (QED) is 0.804. The molecule has 0 saturated carbocycles. The average Bonchev–Trinajstić information content (AvgIpc) is 2.28. The van der Waals surface area contributed by atoms with Gasteiger partial charge in [0.05, 0.1) is 18.4 Å². The highest BCUT2D eigenvalue weighted by Gasteiger charge is 2.23. The summed E-state index contributed by atoms with van der Waals surface area (Å²) in [4.78, 5) is 11.8. The fourth-order valence-electron chi connectivity index (χ4n) is 2.00. The largest absolute Gasteiger partial charge is 0.496 e. The molecule has 1 heterocycles. The monoisotopic (exact) mass is 205 g/mol. The minimum absolute atomic E-state index is 0.177. The van der Waals surface area contributed by atoms with Crippen molar-refractivity contribution in [2.24, 2.45) is 0 Å². The number of anilines is 1. The van der Waals surface area contributed by atoms with Crippen LogP contribution in [0.25, 0.3) is 0 Å². The minimum atomic E-state index is 0.177. The van der Waals surface area contributed by atoms with Crippen molar-refractivity contribution >= 4 is 11.5 Å². The number of methoxy groups -OCH3 is 1. The summed E-state index contributed by atoms with van der Waals surface area (Å²) in [5.41, 5.74) is 2.87. The van der Waals surface area contributed by atoms with E-state index in [2.05, 4.69) is 12.2 Å². The van der Waals surface area contributed by atoms with E-state index in [0.29, 0.717) is 12.2 Å². The number of ether oxygens (including phenoxy) is 1. The highest BCUT2D eigenvalue weighted by Crippen LogP contribution is 2.33. The second kappa shape index (κ2) is 3.93. The van der Waals surface area contributed by atoms with Crippen molar-refractivity contribution in [3.05, 3.63) is 23.3 Å². The number of rotatable bonds is 2. The lowest BCUT2D eigenvalue weighted by atomic mass is 9.96. The first-order valence-electron chi connectivity index (χ1n) is 5.24. The summed E-state index contributed by atoms with van der Waals surface area (Å²) in [5, 5.41) is 3.29. The van der Waals surface area contributed by atoms with Gasteiger partial charge in [0.25, 0.3) is 0 Å². The van der Waals surface area contributed by atoms with E-state index in [1.54, 1.807) is 7.11 Å². The van der Waals surface area contributed by atoms with Crippen molar-refractivity contribution in [1.29, 1.82) is 0 Å². The van der Waals surface area contributed by atoms with E-state index < -0.39 is 0 Å². The van der Waals surface area contributed by atoms with Crippen molar-refractivity contribution in [2.45, 2.75) is 19.8 Å². The molecule has 3 heteroatoms. The summed E-state index contributed by atoms with van der Waals surface area (Å²) >= 11 is 0. The summed E-state index contributed by atoms with van der Waals surface area (Å²) in [6.45, 7) is 2.81. The summed E-state index contributed by atoms with van der Waals surface area (Å²) in [6, 6.07) is 3.89. The van der Waals surface area contributed by atoms with Crippen LogP contribution in [0.3, 0.4) is 0 Å². The maximum atomic E-state index is 11.8. The third-order valence-electron chi connectivity index (χ3n) is 2.79. The normalized spacial score (nSPS) is 14.4. The average molecular weight is 205 g/mol. The van der Waals surface area contributed by atoms with Crippen LogP contribution in [0, 0.1) is 0 Å². The molecule has 3 nitrogen and oxygen atoms in total. The Kier molecular flexibility index (Phi) is 2.62. The van der Waals surface area contributed by atoms with Crippen LogP contribution in [0.5, 0.6) is 5.75 Å². The zero-order valence-corrected chi connectivity index (χ0v) is 9.09. The van der Waals surface area contributed by atoms with Gasteiger partial charge in [-0.05, 0) is 18.1 Å². The van der Waals surface area contributed by atoms with Crippen molar-refractivity contribution in [3.63, 3.8) is 0 Å². The highest BCUT2D eigenvalue weighted by atomic mass is 16.5. The van der Waals surface area contributed by atoms with Gasteiger partial charge in [-0.3, -0.25) is 4.79 Å². The molecule has 80 valence electrons. The Morgan fingerprint density at radius 3 is 2.93 bits per heavy atom. The standard InChI is InChI=1S/C12H15NO2/c1-3-8-4-5-10(15-2)11-9(14)6-7-13-12(8)11/h4-5,13H,3,6-7H2,1-2H3. The Balaban J connectivity index is 2.61. The van der Waals surface area contributed by atoms with Gasteiger partial charge >= 0.3 is 0 Å². The second-order valence-corrected chi connectivity index (χ2v) is 3.63. The zero-order valence-electron chi connectivity index (χ0n) is 9.09. The highest BCUT2D eigenvalue weighted by molar-refractivity contribution is 6.06. The van der Waals surface area contributed by atoms with Crippen LogP contribution >= 0.6 is 0 Å². The summed E-state index contributed by atoms with van der Waals surface area (Å²) in [5.74, 6) is 0.857. The Morgan fingerprint density at radius 2 is 2.27 bits per heavy atom. The molecule has 0 spiro atoms. The molecule has 1 aliphatic heterocycles. The molecule has 0 atom stereocenters. The molecule has 0 aromatic heterocycles. The van der Waals surface area contributed by atoms with Crippen LogP contribution in [-0.4, -0.2) is 19.4 Å². The third kappa shape index (κ3) is 1.58. The van der Waals surface area contributed by atoms with Crippen molar-refractivity contribution in [2.75, 3.05) is 19.0 Å². The van der Waals surface area contributed by atoms with Crippen LogP contribution in [0.4, 0.5) is 5.69 Å². The fourth-order valence-corrected chi connectivity index (χ4v) is 2.00. The summed E-state index contributed by atoms with van der Waals surface area (Å²) in [6.07, 6.45) is 1.48. The van der Waals surface area contributed by atoms with Gasteiger partial charge in [0.1, 0.15) is 5.75 Å². The van der Waals surface area contributed by atoms with Crippen LogP contribution in [0.15, 0.2) is 12.1 Å². The van der Waals surface area contributed by atoms with E-state index in [1.807, 2.05) is 12.1 Å².